The minimum absolute atomic E-state index is 0.00205. The van der Waals surface area contributed by atoms with Crippen LogP contribution in [-0.4, -0.2) is 34.9 Å². The van der Waals surface area contributed by atoms with Crippen LogP contribution in [-0.2, 0) is 9.59 Å². The van der Waals surface area contributed by atoms with Crippen LogP contribution in [0.2, 0.25) is 0 Å². The summed E-state index contributed by atoms with van der Waals surface area (Å²) in [6.07, 6.45) is 0.657. The van der Waals surface area contributed by atoms with Gasteiger partial charge in [-0.25, -0.2) is 0 Å². The largest absolute Gasteiger partial charge is 0.494 e. The fourth-order valence-corrected chi connectivity index (χ4v) is 2.30. The van der Waals surface area contributed by atoms with E-state index in [2.05, 4.69) is 5.32 Å². The molecule has 6 nitrogen and oxygen atoms in total. The maximum absolute atomic E-state index is 12.1. The van der Waals surface area contributed by atoms with E-state index in [1.54, 1.807) is 31.2 Å². The molecule has 0 aliphatic heterocycles. The van der Waals surface area contributed by atoms with E-state index in [1.165, 1.54) is 6.92 Å². The first-order valence-corrected chi connectivity index (χ1v) is 8.40. The zero-order chi connectivity index (χ0) is 19.0. The van der Waals surface area contributed by atoms with E-state index in [0.29, 0.717) is 24.3 Å². The normalized spacial score (nSPS) is 13.2. The molecular formula is C19H27NO5. The number of hydrogen-bond acceptors (Lipinski definition) is 4. The van der Waals surface area contributed by atoms with Crippen molar-refractivity contribution in [1.82, 2.24) is 5.32 Å². The summed E-state index contributed by atoms with van der Waals surface area (Å²) in [6.45, 7) is 7.39. The minimum Gasteiger partial charge on any atom is -0.494 e. The number of ether oxygens (including phenoxy) is 1. The lowest BCUT2D eigenvalue weighted by Gasteiger charge is -2.33. The molecule has 1 aromatic rings. The van der Waals surface area contributed by atoms with Gasteiger partial charge in [-0.2, -0.15) is 0 Å². The molecule has 0 spiro atoms. The van der Waals surface area contributed by atoms with Gasteiger partial charge in [0.05, 0.1) is 13.0 Å². The Labute approximate surface area is 148 Å². The van der Waals surface area contributed by atoms with Crippen molar-refractivity contribution in [2.24, 2.45) is 5.92 Å². The number of benzene rings is 1. The highest BCUT2D eigenvalue weighted by Crippen LogP contribution is 2.21. The van der Waals surface area contributed by atoms with Crippen molar-refractivity contribution in [2.75, 3.05) is 6.61 Å². The number of carbonyl (C=O) groups excluding carboxylic acids is 2. The second-order valence-corrected chi connectivity index (χ2v) is 6.72. The summed E-state index contributed by atoms with van der Waals surface area (Å²) in [6, 6.07) is 6.84. The number of ketones is 1. The molecule has 1 rings (SSSR count). The van der Waals surface area contributed by atoms with Gasteiger partial charge in [-0.15, -0.1) is 0 Å². The average molecular weight is 349 g/mol. The molecule has 0 bridgehead atoms. The lowest BCUT2D eigenvalue weighted by Crippen LogP contribution is -2.51. The number of Topliss-reactive ketones (excluding diaryl/α,β-unsaturated/α-hetero) is 1. The predicted octanol–water partition coefficient (Wildman–Crippen LogP) is 3.05. The van der Waals surface area contributed by atoms with Crippen LogP contribution < -0.4 is 10.1 Å². The van der Waals surface area contributed by atoms with Crippen molar-refractivity contribution in [3.8, 4) is 5.75 Å². The van der Waals surface area contributed by atoms with Crippen molar-refractivity contribution in [3.05, 3.63) is 29.8 Å². The van der Waals surface area contributed by atoms with Crippen LogP contribution in [0.15, 0.2) is 24.3 Å². The number of carboxylic acids is 1. The lowest BCUT2D eigenvalue weighted by molar-refractivity contribution is -0.139. The Morgan fingerprint density at radius 2 is 1.80 bits per heavy atom. The van der Waals surface area contributed by atoms with Crippen molar-refractivity contribution in [3.63, 3.8) is 0 Å². The first-order valence-electron chi connectivity index (χ1n) is 8.40. The van der Waals surface area contributed by atoms with Crippen molar-refractivity contribution < 1.29 is 24.2 Å². The molecular weight excluding hydrogens is 322 g/mol. The van der Waals surface area contributed by atoms with Crippen LogP contribution >= 0.6 is 0 Å². The average Bonchev–Trinajstić information content (AvgIpc) is 2.51. The quantitative estimate of drug-likeness (QED) is 0.500. The monoisotopic (exact) mass is 349 g/mol. The van der Waals surface area contributed by atoms with E-state index in [1.807, 2.05) is 13.8 Å². The molecule has 0 saturated carbocycles. The topological polar surface area (TPSA) is 92.7 Å². The van der Waals surface area contributed by atoms with Crippen LogP contribution in [0, 0.1) is 5.92 Å². The van der Waals surface area contributed by atoms with Gasteiger partial charge in [-0.3, -0.25) is 14.4 Å². The highest BCUT2D eigenvalue weighted by Gasteiger charge is 2.32. The molecule has 1 aromatic carbocycles. The molecule has 25 heavy (non-hydrogen) atoms. The van der Waals surface area contributed by atoms with Crippen LogP contribution in [0.1, 0.15) is 57.3 Å². The molecule has 0 aromatic heterocycles. The zero-order valence-electron chi connectivity index (χ0n) is 15.3. The van der Waals surface area contributed by atoms with E-state index in [4.69, 9.17) is 9.84 Å². The SMILES string of the molecule is CC(=O)c1ccc(OCCCC(=O)NC(C)(CC(=O)O)C(C)C)cc1. The number of rotatable bonds is 10. The van der Waals surface area contributed by atoms with Crippen molar-refractivity contribution in [2.45, 2.75) is 52.5 Å². The van der Waals surface area contributed by atoms with Gasteiger partial charge in [-0.05, 0) is 50.5 Å². The van der Waals surface area contributed by atoms with Crippen molar-refractivity contribution >= 4 is 17.7 Å². The van der Waals surface area contributed by atoms with E-state index in [0.717, 1.165) is 0 Å². The standard InChI is InChI=1S/C19H27NO5/c1-13(2)19(4,12-18(23)24)20-17(22)6-5-11-25-16-9-7-15(8-10-16)14(3)21/h7-10,13H,5-6,11-12H2,1-4H3,(H,20,22)(H,23,24). The first kappa shape index (κ1) is 20.7. The van der Waals surface area contributed by atoms with Gasteiger partial charge in [-0.1, -0.05) is 13.8 Å². The second-order valence-electron chi connectivity index (χ2n) is 6.72. The Morgan fingerprint density at radius 1 is 1.20 bits per heavy atom. The third-order valence-corrected chi connectivity index (χ3v) is 4.30. The lowest BCUT2D eigenvalue weighted by atomic mass is 9.85. The molecule has 6 heteroatoms. The van der Waals surface area contributed by atoms with Crippen LogP contribution in [0.25, 0.3) is 0 Å². The molecule has 0 fully saturated rings. The van der Waals surface area contributed by atoms with Gasteiger partial charge < -0.3 is 15.2 Å². The van der Waals surface area contributed by atoms with Crippen molar-refractivity contribution in [1.29, 1.82) is 0 Å². The van der Waals surface area contributed by atoms with Crippen LogP contribution in [0.4, 0.5) is 0 Å². The third kappa shape index (κ3) is 6.95. The maximum Gasteiger partial charge on any atom is 0.305 e. The number of carboxylic acid groups (broad SMARTS) is 1. The molecule has 1 amide bonds. The van der Waals surface area contributed by atoms with E-state index >= 15 is 0 Å². The number of aliphatic carboxylic acids is 1. The first-order chi connectivity index (χ1) is 11.6. The number of amides is 1. The molecule has 0 saturated heterocycles. The van der Waals surface area contributed by atoms with Gasteiger partial charge in [0.1, 0.15) is 5.75 Å². The van der Waals surface area contributed by atoms with E-state index in [9.17, 15) is 14.4 Å². The summed E-state index contributed by atoms with van der Waals surface area (Å²) in [7, 11) is 0. The molecule has 0 heterocycles. The van der Waals surface area contributed by atoms with Gasteiger partial charge in [0.25, 0.3) is 0 Å². The third-order valence-electron chi connectivity index (χ3n) is 4.30. The van der Waals surface area contributed by atoms with Gasteiger partial charge >= 0.3 is 5.97 Å². The second kappa shape index (κ2) is 9.20. The Morgan fingerprint density at radius 3 is 2.28 bits per heavy atom. The summed E-state index contributed by atoms with van der Waals surface area (Å²) in [5.74, 6) is -0.480. The Hall–Kier alpha value is -2.37. The Bertz CT molecular complexity index is 609. The van der Waals surface area contributed by atoms with Gasteiger partial charge in [0, 0.05) is 17.5 Å². The van der Waals surface area contributed by atoms with Crippen LogP contribution in [0.5, 0.6) is 5.75 Å². The minimum atomic E-state index is -0.936. The zero-order valence-corrected chi connectivity index (χ0v) is 15.3. The van der Waals surface area contributed by atoms with Gasteiger partial charge in [0.15, 0.2) is 5.78 Å². The molecule has 0 aliphatic rings. The van der Waals surface area contributed by atoms with Crippen LogP contribution in [0.3, 0.4) is 0 Å². The van der Waals surface area contributed by atoms with E-state index < -0.39 is 11.5 Å². The number of carbonyl (C=O) groups is 3. The summed E-state index contributed by atoms with van der Waals surface area (Å²) in [4.78, 5) is 34.3. The molecule has 0 radical (unpaired) electrons. The Kier molecular flexibility index (Phi) is 7.61. The predicted molar refractivity (Wildman–Crippen MR) is 94.8 cm³/mol. The fourth-order valence-electron chi connectivity index (χ4n) is 2.30. The summed E-state index contributed by atoms with van der Waals surface area (Å²) in [5, 5.41) is 11.8. The summed E-state index contributed by atoms with van der Waals surface area (Å²) >= 11 is 0. The molecule has 2 N–H and O–H groups in total. The number of hydrogen-bond donors (Lipinski definition) is 2. The van der Waals surface area contributed by atoms with Gasteiger partial charge in [0.2, 0.25) is 5.91 Å². The summed E-state index contributed by atoms with van der Waals surface area (Å²) < 4.78 is 5.55. The molecule has 138 valence electrons. The fraction of sp³-hybridized carbons (Fsp3) is 0.526. The molecule has 1 unspecified atom stereocenters. The molecule has 0 aliphatic carbocycles. The number of nitrogens with one attached hydrogen (secondary N) is 1. The Balaban J connectivity index is 2.41. The highest BCUT2D eigenvalue weighted by atomic mass is 16.5. The highest BCUT2D eigenvalue weighted by molar-refractivity contribution is 5.94. The molecule has 1 atom stereocenters. The summed E-state index contributed by atoms with van der Waals surface area (Å²) in [5.41, 5.74) is -0.148. The maximum atomic E-state index is 12.1. The van der Waals surface area contributed by atoms with E-state index in [-0.39, 0.29) is 30.4 Å². The smallest absolute Gasteiger partial charge is 0.305 e.